The summed E-state index contributed by atoms with van der Waals surface area (Å²) in [6.07, 6.45) is 13.9. The maximum Gasteiger partial charge on any atom is 0.0388 e. The van der Waals surface area contributed by atoms with Crippen LogP contribution >= 0.6 is 11.3 Å². The van der Waals surface area contributed by atoms with Gasteiger partial charge in [0.1, 0.15) is 0 Å². The molecule has 1 nitrogen and oxygen atoms in total. The number of rotatable bonds is 5. The van der Waals surface area contributed by atoms with Gasteiger partial charge in [-0.05, 0) is 75.8 Å². The average Bonchev–Trinajstić information content (AvgIpc) is 2.94. The van der Waals surface area contributed by atoms with Gasteiger partial charge in [-0.3, -0.25) is 0 Å². The van der Waals surface area contributed by atoms with Gasteiger partial charge in [0.25, 0.3) is 0 Å². The molecule has 3 rings (SSSR count). The zero-order valence-electron chi connectivity index (χ0n) is 13.8. The summed E-state index contributed by atoms with van der Waals surface area (Å²) in [5.74, 6) is 1.01. The quantitative estimate of drug-likeness (QED) is 0.742. The fraction of sp³-hybridized carbons (Fsp3) is 0.789. The van der Waals surface area contributed by atoms with E-state index in [9.17, 15) is 0 Å². The second kappa shape index (κ2) is 7.28. The van der Waals surface area contributed by atoms with Crippen LogP contribution in [0, 0.1) is 5.92 Å². The van der Waals surface area contributed by atoms with Gasteiger partial charge in [0.05, 0.1) is 0 Å². The fourth-order valence-corrected chi connectivity index (χ4v) is 5.46. The second-order valence-corrected chi connectivity index (χ2v) is 8.37. The van der Waals surface area contributed by atoms with Gasteiger partial charge in [0.2, 0.25) is 0 Å². The van der Waals surface area contributed by atoms with Crippen molar-refractivity contribution in [1.29, 1.82) is 0 Å². The van der Waals surface area contributed by atoms with E-state index in [1.54, 1.807) is 15.3 Å². The first-order chi connectivity index (χ1) is 10.3. The molecule has 21 heavy (non-hydrogen) atoms. The van der Waals surface area contributed by atoms with E-state index >= 15 is 0 Å². The predicted octanol–water partition coefficient (Wildman–Crippen LogP) is 5.64. The molecule has 1 aromatic rings. The molecular weight excluding hydrogens is 274 g/mol. The third kappa shape index (κ3) is 3.90. The van der Waals surface area contributed by atoms with Gasteiger partial charge in [-0.15, -0.1) is 11.3 Å². The minimum atomic E-state index is 0.549. The first-order valence-corrected chi connectivity index (χ1v) is 9.95. The average molecular weight is 306 g/mol. The van der Waals surface area contributed by atoms with Crippen molar-refractivity contribution in [2.24, 2.45) is 5.92 Å². The Bertz CT molecular complexity index is 419. The summed E-state index contributed by atoms with van der Waals surface area (Å²) in [6.45, 7) is 4.69. The topological polar surface area (TPSA) is 12.0 Å². The van der Waals surface area contributed by atoms with E-state index in [2.05, 4.69) is 36.6 Å². The minimum absolute atomic E-state index is 0.549. The Morgan fingerprint density at radius 3 is 2.67 bits per heavy atom. The summed E-state index contributed by atoms with van der Waals surface area (Å²) in [5, 5.41) is 3.92. The lowest BCUT2D eigenvalue weighted by atomic mass is 9.83. The Kier molecular flexibility index (Phi) is 5.39. The van der Waals surface area contributed by atoms with E-state index < -0.39 is 0 Å². The number of aryl methyl sites for hydroxylation is 2. The molecule has 0 saturated heterocycles. The Hall–Kier alpha value is -0.340. The molecule has 1 heterocycles. The van der Waals surface area contributed by atoms with Crippen molar-refractivity contribution in [2.45, 2.75) is 90.1 Å². The van der Waals surface area contributed by atoms with Crippen LogP contribution in [-0.4, -0.2) is 6.04 Å². The molecule has 1 aromatic heterocycles. The zero-order chi connectivity index (χ0) is 14.7. The van der Waals surface area contributed by atoms with E-state index in [1.165, 1.54) is 64.2 Å². The summed E-state index contributed by atoms with van der Waals surface area (Å²) in [4.78, 5) is 3.26. The largest absolute Gasteiger partial charge is 0.307 e. The summed E-state index contributed by atoms with van der Waals surface area (Å²) >= 11 is 2.08. The second-order valence-electron chi connectivity index (χ2n) is 7.20. The monoisotopic (exact) mass is 305 g/mol. The molecule has 0 amide bonds. The maximum absolute atomic E-state index is 3.92. The third-order valence-corrected chi connectivity index (χ3v) is 6.89. The summed E-state index contributed by atoms with van der Waals surface area (Å²) in [6, 6.07) is 3.81. The van der Waals surface area contributed by atoms with Crippen LogP contribution in [0.15, 0.2) is 6.07 Å². The maximum atomic E-state index is 3.92. The van der Waals surface area contributed by atoms with Crippen LogP contribution in [0.1, 0.15) is 86.6 Å². The van der Waals surface area contributed by atoms with Crippen LogP contribution in [0.3, 0.4) is 0 Å². The van der Waals surface area contributed by atoms with Gasteiger partial charge in [0, 0.05) is 21.8 Å². The molecular formula is C19H31NS. The van der Waals surface area contributed by atoms with Crippen molar-refractivity contribution in [2.75, 3.05) is 0 Å². The third-order valence-electron chi connectivity index (χ3n) is 5.47. The van der Waals surface area contributed by atoms with Crippen molar-refractivity contribution in [3.8, 4) is 0 Å². The minimum Gasteiger partial charge on any atom is -0.307 e. The first kappa shape index (κ1) is 15.6. The molecule has 1 fully saturated rings. The van der Waals surface area contributed by atoms with Crippen molar-refractivity contribution in [3.63, 3.8) is 0 Å². The van der Waals surface area contributed by atoms with Crippen LogP contribution in [-0.2, 0) is 12.8 Å². The Morgan fingerprint density at radius 2 is 1.95 bits per heavy atom. The van der Waals surface area contributed by atoms with Gasteiger partial charge >= 0.3 is 0 Å². The molecule has 2 aliphatic rings. The molecule has 0 aromatic carbocycles. The highest BCUT2D eigenvalue weighted by Gasteiger charge is 2.23. The highest BCUT2D eigenvalue weighted by Crippen LogP contribution is 2.34. The van der Waals surface area contributed by atoms with E-state index in [-0.39, 0.29) is 0 Å². The lowest BCUT2D eigenvalue weighted by molar-refractivity contribution is 0.267. The molecule has 1 N–H and O–H groups in total. The van der Waals surface area contributed by atoms with E-state index in [1.807, 2.05) is 0 Å². The van der Waals surface area contributed by atoms with Crippen LogP contribution in [0.25, 0.3) is 0 Å². The van der Waals surface area contributed by atoms with Crippen LogP contribution in [0.4, 0.5) is 0 Å². The SMILES string of the molecule is CCCC1CCC(NC(C)c2cc3c(s2)CCCC3)CC1. The molecule has 1 unspecified atom stereocenters. The molecule has 1 atom stereocenters. The van der Waals surface area contributed by atoms with Crippen molar-refractivity contribution in [1.82, 2.24) is 5.32 Å². The molecule has 1 saturated carbocycles. The zero-order valence-corrected chi connectivity index (χ0v) is 14.6. The van der Waals surface area contributed by atoms with Crippen molar-refractivity contribution in [3.05, 3.63) is 21.4 Å². The molecule has 0 aliphatic heterocycles. The lowest BCUT2D eigenvalue weighted by Crippen LogP contribution is -2.34. The smallest absolute Gasteiger partial charge is 0.0388 e. The van der Waals surface area contributed by atoms with E-state index in [4.69, 9.17) is 0 Å². The summed E-state index contributed by atoms with van der Waals surface area (Å²) in [5.41, 5.74) is 1.65. The van der Waals surface area contributed by atoms with Gasteiger partial charge < -0.3 is 5.32 Å². The number of thiophene rings is 1. The fourth-order valence-electron chi connectivity index (χ4n) is 4.19. The van der Waals surface area contributed by atoms with Crippen LogP contribution < -0.4 is 5.32 Å². The van der Waals surface area contributed by atoms with Crippen LogP contribution in [0.5, 0.6) is 0 Å². The first-order valence-electron chi connectivity index (χ1n) is 9.13. The Morgan fingerprint density at radius 1 is 1.19 bits per heavy atom. The number of fused-ring (bicyclic) bond motifs is 1. The lowest BCUT2D eigenvalue weighted by Gasteiger charge is -2.31. The molecule has 2 aliphatic carbocycles. The van der Waals surface area contributed by atoms with Gasteiger partial charge in [-0.1, -0.05) is 19.8 Å². The van der Waals surface area contributed by atoms with Crippen molar-refractivity contribution < 1.29 is 0 Å². The molecule has 118 valence electrons. The van der Waals surface area contributed by atoms with Gasteiger partial charge in [0.15, 0.2) is 0 Å². The highest BCUT2D eigenvalue weighted by molar-refractivity contribution is 7.12. The molecule has 2 heteroatoms. The number of hydrogen-bond donors (Lipinski definition) is 1. The Balaban J connectivity index is 1.52. The summed E-state index contributed by atoms with van der Waals surface area (Å²) < 4.78 is 0. The molecule has 0 bridgehead atoms. The highest BCUT2D eigenvalue weighted by atomic mass is 32.1. The number of nitrogens with one attached hydrogen (secondary N) is 1. The molecule has 0 spiro atoms. The van der Waals surface area contributed by atoms with E-state index in [0.29, 0.717) is 6.04 Å². The van der Waals surface area contributed by atoms with Gasteiger partial charge in [-0.25, -0.2) is 0 Å². The van der Waals surface area contributed by atoms with E-state index in [0.717, 1.165) is 12.0 Å². The Labute approximate surface area is 134 Å². The van der Waals surface area contributed by atoms with Crippen molar-refractivity contribution >= 4 is 11.3 Å². The normalized spacial score (nSPS) is 27.3. The predicted molar refractivity (Wildman–Crippen MR) is 93.2 cm³/mol. The van der Waals surface area contributed by atoms with Crippen LogP contribution in [0.2, 0.25) is 0 Å². The summed E-state index contributed by atoms with van der Waals surface area (Å²) in [7, 11) is 0. The molecule has 0 radical (unpaired) electrons. The standard InChI is InChI=1S/C19H31NS/c1-3-6-15-9-11-17(12-10-15)20-14(2)19-13-16-7-4-5-8-18(16)21-19/h13-15,17,20H,3-12H2,1-2H3. The number of hydrogen-bond acceptors (Lipinski definition) is 2. The van der Waals surface area contributed by atoms with Gasteiger partial charge in [-0.2, -0.15) is 0 Å².